The van der Waals surface area contributed by atoms with Gasteiger partial charge in [0, 0.05) is 17.3 Å². The summed E-state index contributed by atoms with van der Waals surface area (Å²) in [7, 11) is 0. The molecule has 0 aliphatic carbocycles. The SMILES string of the molecule is Cc1ncc(Cn2cccc(Br)c2=O)s1. The lowest BCUT2D eigenvalue weighted by molar-refractivity contribution is 0.764. The Morgan fingerprint density at radius 1 is 1.60 bits per heavy atom. The predicted octanol–water partition coefficient (Wildman–Crippen LogP) is 2.42. The lowest BCUT2D eigenvalue weighted by Crippen LogP contribution is -2.19. The Hall–Kier alpha value is -0.940. The van der Waals surface area contributed by atoms with Crippen molar-refractivity contribution in [3.8, 4) is 0 Å². The van der Waals surface area contributed by atoms with Crippen molar-refractivity contribution in [1.29, 1.82) is 0 Å². The monoisotopic (exact) mass is 284 g/mol. The van der Waals surface area contributed by atoms with Gasteiger partial charge >= 0.3 is 0 Å². The Morgan fingerprint density at radius 3 is 3.07 bits per heavy atom. The summed E-state index contributed by atoms with van der Waals surface area (Å²) >= 11 is 4.83. The lowest BCUT2D eigenvalue weighted by atomic mass is 10.4. The molecule has 0 saturated carbocycles. The maximum Gasteiger partial charge on any atom is 0.265 e. The minimum Gasteiger partial charge on any atom is -0.309 e. The summed E-state index contributed by atoms with van der Waals surface area (Å²) in [5, 5.41) is 1.02. The molecule has 15 heavy (non-hydrogen) atoms. The average Bonchev–Trinajstić information content (AvgIpc) is 2.59. The van der Waals surface area contributed by atoms with E-state index in [1.54, 1.807) is 28.2 Å². The van der Waals surface area contributed by atoms with Crippen LogP contribution in [0.5, 0.6) is 0 Å². The first kappa shape index (κ1) is 10.6. The van der Waals surface area contributed by atoms with Crippen LogP contribution in [0.15, 0.2) is 33.8 Å². The second-order valence-electron chi connectivity index (χ2n) is 3.13. The van der Waals surface area contributed by atoms with E-state index in [1.165, 1.54) is 0 Å². The van der Waals surface area contributed by atoms with Crippen molar-refractivity contribution in [3.63, 3.8) is 0 Å². The van der Waals surface area contributed by atoms with Gasteiger partial charge in [0.2, 0.25) is 0 Å². The first-order valence-electron chi connectivity index (χ1n) is 4.43. The normalized spacial score (nSPS) is 10.5. The highest BCUT2D eigenvalue weighted by Gasteiger charge is 2.03. The second kappa shape index (κ2) is 4.28. The average molecular weight is 285 g/mol. The van der Waals surface area contributed by atoms with E-state index in [4.69, 9.17) is 0 Å². The van der Waals surface area contributed by atoms with Gasteiger partial charge in [-0.05, 0) is 35.0 Å². The fourth-order valence-electron chi connectivity index (χ4n) is 1.28. The summed E-state index contributed by atoms with van der Waals surface area (Å²) in [6.45, 7) is 2.54. The summed E-state index contributed by atoms with van der Waals surface area (Å²) < 4.78 is 2.25. The molecule has 2 heterocycles. The zero-order valence-electron chi connectivity index (χ0n) is 8.11. The summed E-state index contributed by atoms with van der Waals surface area (Å²) in [6, 6.07) is 3.59. The Balaban J connectivity index is 2.32. The van der Waals surface area contributed by atoms with Gasteiger partial charge in [0.15, 0.2) is 0 Å². The molecular formula is C10H9BrN2OS. The number of aryl methyl sites for hydroxylation is 1. The molecule has 0 unspecified atom stereocenters. The summed E-state index contributed by atoms with van der Waals surface area (Å²) in [5.41, 5.74) is -0.0106. The Kier molecular flexibility index (Phi) is 3.02. The molecule has 2 aromatic rings. The molecule has 0 bridgehead atoms. The highest BCUT2D eigenvalue weighted by molar-refractivity contribution is 9.10. The molecule has 78 valence electrons. The van der Waals surface area contributed by atoms with Crippen molar-refractivity contribution in [2.45, 2.75) is 13.5 Å². The van der Waals surface area contributed by atoms with E-state index in [0.29, 0.717) is 11.0 Å². The minimum absolute atomic E-state index is 0.0106. The Morgan fingerprint density at radius 2 is 2.40 bits per heavy atom. The van der Waals surface area contributed by atoms with Crippen LogP contribution in [0.1, 0.15) is 9.88 Å². The molecule has 2 aromatic heterocycles. The highest BCUT2D eigenvalue weighted by Crippen LogP contribution is 2.12. The lowest BCUT2D eigenvalue weighted by Gasteiger charge is -2.02. The predicted molar refractivity (Wildman–Crippen MR) is 64.4 cm³/mol. The molecule has 5 heteroatoms. The standard InChI is InChI=1S/C10H9BrN2OS/c1-7-12-5-8(15-7)6-13-4-2-3-9(11)10(13)14/h2-5H,6H2,1H3. The van der Waals surface area contributed by atoms with Crippen LogP contribution in [0.25, 0.3) is 0 Å². The molecule has 0 aliphatic heterocycles. The molecule has 0 radical (unpaired) electrons. The maximum atomic E-state index is 11.7. The van der Waals surface area contributed by atoms with Crippen molar-refractivity contribution >= 4 is 27.3 Å². The summed E-state index contributed by atoms with van der Waals surface area (Å²) in [5.74, 6) is 0. The highest BCUT2D eigenvalue weighted by atomic mass is 79.9. The van der Waals surface area contributed by atoms with Crippen LogP contribution in [0.3, 0.4) is 0 Å². The number of halogens is 1. The molecule has 0 aromatic carbocycles. The van der Waals surface area contributed by atoms with E-state index < -0.39 is 0 Å². The van der Waals surface area contributed by atoms with E-state index in [0.717, 1.165) is 9.88 Å². The van der Waals surface area contributed by atoms with E-state index in [-0.39, 0.29) is 5.56 Å². The smallest absolute Gasteiger partial charge is 0.265 e. The van der Waals surface area contributed by atoms with Gasteiger partial charge in [-0.25, -0.2) is 4.98 Å². The minimum atomic E-state index is -0.0106. The number of thiazole rings is 1. The Labute approximate surface area is 99.5 Å². The van der Waals surface area contributed by atoms with Gasteiger partial charge in [-0.2, -0.15) is 0 Å². The van der Waals surface area contributed by atoms with Crippen LogP contribution in [-0.2, 0) is 6.54 Å². The molecule has 0 aliphatic rings. The summed E-state index contributed by atoms with van der Waals surface area (Å²) in [4.78, 5) is 16.9. The van der Waals surface area contributed by atoms with Gasteiger partial charge in [-0.15, -0.1) is 11.3 Å². The number of hydrogen-bond acceptors (Lipinski definition) is 3. The molecule has 3 nitrogen and oxygen atoms in total. The van der Waals surface area contributed by atoms with E-state index >= 15 is 0 Å². The van der Waals surface area contributed by atoms with E-state index in [9.17, 15) is 4.79 Å². The Bertz CT molecular complexity index is 532. The summed E-state index contributed by atoms with van der Waals surface area (Å²) in [6.07, 6.45) is 3.59. The van der Waals surface area contributed by atoms with Gasteiger partial charge in [0.1, 0.15) is 0 Å². The first-order chi connectivity index (χ1) is 7.16. The molecule has 0 saturated heterocycles. The third-order valence-electron chi connectivity index (χ3n) is 1.97. The van der Waals surface area contributed by atoms with Crippen LogP contribution >= 0.6 is 27.3 Å². The molecule has 0 fully saturated rings. The number of rotatable bonds is 2. The maximum absolute atomic E-state index is 11.7. The molecule has 0 spiro atoms. The number of hydrogen-bond donors (Lipinski definition) is 0. The first-order valence-corrected chi connectivity index (χ1v) is 6.04. The third kappa shape index (κ3) is 2.35. The van der Waals surface area contributed by atoms with Crippen LogP contribution in [0.2, 0.25) is 0 Å². The number of nitrogens with zero attached hydrogens (tertiary/aromatic N) is 2. The van der Waals surface area contributed by atoms with Crippen molar-refractivity contribution in [2.75, 3.05) is 0 Å². The number of pyridine rings is 1. The molecular weight excluding hydrogens is 276 g/mol. The van der Waals surface area contributed by atoms with E-state index in [1.807, 2.05) is 19.2 Å². The zero-order chi connectivity index (χ0) is 10.8. The van der Waals surface area contributed by atoms with E-state index in [2.05, 4.69) is 20.9 Å². The van der Waals surface area contributed by atoms with Crippen LogP contribution < -0.4 is 5.56 Å². The van der Waals surface area contributed by atoms with Crippen molar-refractivity contribution in [2.24, 2.45) is 0 Å². The van der Waals surface area contributed by atoms with Gasteiger partial charge in [-0.1, -0.05) is 0 Å². The third-order valence-corrected chi connectivity index (χ3v) is 3.47. The van der Waals surface area contributed by atoms with Crippen molar-refractivity contribution < 1.29 is 0 Å². The quantitative estimate of drug-likeness (QED) is 0.849. The van der Waals surface area contributed by atoms with Crippen LogP contribution in [0.4, 0.5) is 0 Å². The fraction of sp³-hybridized carbons (Fsp3) is 0.200. The van der Waals surface area contributed by atoms with Gasteiger partial charge in [-0.3, -0.25) is 4.79 Å². The van der Waals surface area contributed by atoms with Gasteiger partial charge in [0.05, 0.1) is 16.0 Å². The van der Waals surface area contributed by atoms with Crippen LogP contribution in [-0.4, -0.2) is 9.55 Å². The second-order valence-corrected chi connectivity index (χ2v) is 5.31. The fourth-order valence-corrected chi connectivity index (χ4v) is 2.45. The van der Waals surface area contributed by atoms with Crippen molar-refractivity contribution in [3.05, 3.63) is 49.2 Å². The van der Waals surface area contributed by atoms with Crippen molar-refractivity contribution in [1.82, 2.24) is 9.55 Å². The number of aromatic nitrogens is 2. The molecule has 0 atom stereocenters. The van der Waals surface area contributed by atoms with Crippen LogP contribution in [0, 0.1) is 6.92 Å². The van der Waals surface area contributed by atoms with Gasteiger partial charge < -0.3 is 4.57 Å². The largest absolute Gasteiger partial charge is 0.309 e. The van der Waals surface area contributed by atoms with Gasteiger partial charge in [0.25, 0.3) is 5.56 Å². The molecule has 0 N–H and O–H groups in total. The molecule has 0 amide bonds. The molecule has 2 rings (SSSR count). The zero-order valence-corrected chi connectivity index (χ0v) is 10.5. The topological polar surface area (TPSA) is 34.9 Å².